The number of rotatable bonds is 8. The Morgan fingerprint density at radius 2 is 2.06 bits per heavy atom. The Balaban J connectivity index is 1.40. The molecule has 2 heterocycles. The highest BCUT2D eigenvalue weighted by Gasteiger charge is 2.21. The molecule has 1 aliphatic heterocycles. The molecule has 0 radical (unpaired) electrons. The van der Waals surface area contributed by atoms with Gasteiger partial charge in [-0.15, -0.1) is 0 Å². The highest BCUT2D eigenvalue weighted by Crippen LogP contribution is 2.18. The molecular weight excluding hydrogens is 430 g/mol. The van der Waals surface area contributed by atoms with Gasteiger partial charge in [-0.3, -0.25) is 4.79 Å². The summed E-state index contributed by atoms with van der Waals surface area (Å²) in [5.41, 5.74) is 2.04. The van der Waals surface area contributed by atoms with E-state index in [1.807, 2.05) is 31.2 Å². The monoisotopic (exact) mass is 455 g/mol. The van der Waals surface area contributed by atoms with Crippen LogP contribution in [-0.4, -0.2) is 48.3 Å². The Hall–Kier alpha value is -3.08. The zero-order valence-corrected chi connectivity index (χ0v) is 18.5. The van der Waals surface area contributed by atoms with Gasteiger partial charge in [-0.2, -0.15) is 5.10 Å². The molecule has 168 valence electrons. The minimum atomic E-state index is -3.73. The Kier molecular flexibility index (Phi) is 6.63. The lowest BCUT2D eigenvalue weighted by Gasteiger charge is -2.16. The van der Waals surface area contributed by atoms with Crippen molar-refractivity contribution >= 4 is 15.9 Å². The van der Waals surface area contributed by atoms with E-state index in [2.05, 4.69) is 20.1 Å². The normalized spacial score (nSPS) is 17.2. The summed E-state index contributed by atoms with van der Waals surface area (Å²) in [5, 5.41) is 7.00. The van der Waals surface area contributed by atoms with Crippen molar-refractivity contribution < 1.29 is 17.9 Å². The van der Waals surface area contributed by atoms with E-state index in [1.54, 1.807) is 23.1 Å². The molecule has 1 aromatic heterocycles. The van der Waals surface area contributed by atoms with Crippen molar-refractivity contribution in [3.8, 4) is 5.69 Å². The minimum absolute atomic E-state index is 0.0491. The maximum Gasteiger partial charge on any atom is 0.251 e. The second-order valence-electron chi connectivity index (χ2n) is 7.64. The van der Waals surface area contributed by atoms with Crippen LogP contribution in [0.15, 0.2) is 66.1 Å². The van der Waals surface area contributed by atoms with E-state index in [0.717, 1.165) is 24.1 Å². The first-order chi connectivity index (χ1) is 15.4. The zero-order valence-electron chi connectivity index (χ0n) is 17.6. The number of benzene rings is 2. The second-order valence-corrected chi connectivity index (χ2v) is 9.41. The smallest absolute Gasteiger partial charge is 0.251 e. The molecule has 2 N–H and O–H groups in total. The molecule has 0 unspecified atom stereocenters. The van der Waals surface area contributed by atoms with Crippen LogP contribution in [-0.2, 0) is 14.8 Å². The van der Waals surface area contributed by atoms with Crippen LogP contribution in [0.5, 0.6) is 0 Å². The number of carbonyl (C=O) groups is 1. The molecule has 1 saturated heterocycles. The number of hydrogen-bond donors (Lipinski definition) is 2. The highest BCUT2D eigenvalue weighted by atomic mass is 32.2. The molecule has 3 aromatic rings. The number of nitrogens with zero attached hydrogens (tertiary/aromatic N) is 3. The number of carbonyl (C=O) groups excluding carboxylic acids is 1. The van der Waals surface area contributed by atoms with Crippen LogP contribution in [0.4, 0.5) is 0 Å². The molecule has 9 nitrogen and oxygen atoms in total. The number of ether oxygens (including phenoxy) is 1. The van der Waals surface area contributed by atoms with Gasteiger partial charge in [0.05, 0.1) is 22.7 Å². The molecule has 1 fully saturated rings. The third-order valence-corrected chi connectivity index (χ3v) is 6.78. The van der Waals surface area contributed by atoms with Crippen LogP contribution in [0, 0.1) is 0 Å². The van der Waals surface area contributed by atoms with Crippen molar-refractivity contribution in [2.24, 2.45) is 0 Å². The van der Waals surface area contributed by atoms with Gasteiger partial charge < -0.3 is 10.1 Å². The Morgan fingerprint density at radius 3 is 2.75 bits per heavy atom. The van der Waals surface area contributed by atoms with Gasteiger partial charge in [0.2, 0.25) is 10.0 Å². The Bertz CT molecular complexity index is 1160. The molecule has 2 atom stereocenters. The molecule has 1 aliphatic rings. The third kappa shape index (κ3) is 5.21. The largest absolute Gasteiger partial charge is 0.377 e. The maximum atomic E-state index is 12.8. The molecule has 4 rings (SSSR count). The first-order valence-corrected chi connectivity index (χ1v) is 11.9. The van der Waals surface area contributed by atoms with E-state index in [0.29, 0.717) is 6.61 Å². The van der Waals surface area contributed by atoms with Gasteiger partial charge in [-0.1, -0.05) is 18.2 Å². The zero-order chi connectivity index (χ0) is 22.6. The summed E-state index contributed by atoms with van der Waals surface area (Å²) >= 11 is 0. The molecule has 10 heteroatoms. The topological polar surface area (TPSA) is 115 Å². The lowest BCUT2D eigenvalue weighted by molar-refractivity contribution is 0.0939. The van der Waals surface area contributed by atoms with E-state index in [-0.39, 0.29) is 35.1 Å². The molecule has 0 aliphatic carbocycles. The number of amides is 1. The van der Waals surface area contributed by atoms with Crippen LogP contribution in [0.25, 0.3) is 5.69 Å². The van der Waals surface area contributed by atoms with Crippen LogP contribution in [0.3, 0.4) is 0 Å². The van der Waals surface area contributed by atoms with E-state index >= 15 is 0 Å². The number of aromatic nitrogens is 3. The summed E-state index contributed by atoms with van der Waals surface area (Å²) in [6, 6.07) is 13.3. The molecule has 0 bridgehead atoms. The van der Waals surface area contributed by atoms with E-state index in [9.17, 15) is 13.2 Å². The number of nitrogens with one attached hydrogen (secondary N) is 2. The van der Waals surface area contributed by atoms with Gasteiger partial charge in [0.1, 0.15) is 12.7 Å². The van der Waals surface area contributed by atoms with Crippen LogP contribution >= 0.6 is 0 Å². The number of hydrogen-bond acceptors (Lipinski definition) is 6. The lowest BCUT2D eigenvalue weighted by Crippen LogP contribution is -2.32. The first-order valence-electron chi connectivity index (χ1n) is 10.4. The minimum Gasteiger partial charge on any atom is -0.377 e. The Morgan fingerprint density at radius 1 is 1.25 bits per heavy atom. The van der Waals surface area contributed by atoms with Gasteiger partial charge in [0.25, 0.3) is 5.91 Å². The average molecular weight is 456 g/mol. The highest BCUT2D eigenvalue weighted by molar-refractivity contribution is 7.89. The predicted molar refractivity (Wildman–Crippen MR) is 118 cm³/mol. The SMILES string of the molecule is C[C@@H](NC(=O)c1cccc(S(=O)(=O)NC[C@@H]2CCCO2)c1)c1ccc(-n2cncn2)cc1. The van der Waals surface area contributed by atoms with E-state index in [1.165, 1.54) is 18.5 Å². The van der Waals surface area contributed by atoms with E-state index < -0.39 is 10.0 Å². The summed E-state index contributed by atoms with van der Waals surface area (Å²) in [6.07, 6.45) is 4.74. The average Bonchev–Trinajstić information content (AvgIpc) is 3.52. The molecule has 2 aromatic carbocycles. The van der Waals surface area contributed by atoms with Gasteiger partial charge in [0.15, 0.2) is 0 Å². The van der Waals surface area contributed by atoms with Crippen molar-refractivity contribution in [1.82, 2.24) is 24.8 Å². The van der Waals surface area contributed by atoms with Crippen LogP contribution in [0.2, 0.25) is 0 Å². The summed E-state index contributed by atoms with van der Waals surface area (Å²) in [5.74, 6) is -0.353. The summed E-state index contributed by atoms with van der Waals surface area (Å²) in [4.78, 5) is 16.7. The maximum absolute atomic E-state index is 12.8. The number of sulfonamides is 1. The molecule has 32 heavy (non-hydrogen) atoms. The summed E-state index contributed by atoms with van der Waals surface area (Å²) in [7, 11) is -3.73. The van der Waals surface area contributed by atoms with Crippen molar-refractivity contribution in [2.75, 3.05) is 13.2 Å². The Labute approximate surface area is 186 Å². The lowest BCUT2D eigenvalue weighted by atomic mass is 10.1. The van der Waals surface area contributed by atoms with Crippen LogP contribution < -0.4 is 10.0 Å². The van der Waals surface area contributed by atoms with Gasteiger partial charge in [-0.05, 0) is 55.7 Å². The summed E-state index contributed by atoms with van der Waals surface area (Å²) < 4.78 is 34.9. The fraction of sp³-hybridized carbons (Fsp3) is 0.318. The fourth-order valence-electron chi connectivity index (χ4n) is 3.52. The quantitative estimate of drug-likeness (QED) is 0.538. The third-order valence-electron chi connectivity index (χ3n) is 5.36. The van der Waals surface area contributed by atoms with Crippen molar-refractivity contribution in [3.05, 3.63) is 72.3 Å². The summed E-state index contributed by atoms with van der Waals surface area (Å²) in [6.45, 7) is 2.75. The van der Waals surface area contributed by atoms with Gasteiger partial charge >= 0.3 is 0 Å². The van der Waals surface area contributed by atoms with Gasteiger partial charge in [-0.25, -0.2) is 22.8 Å². The van der Waals surface area contributed by atoms with E-state index in [4.69, 9.17) is 4.74 Å². The van der Waals surface area contributed by atoms with Gasteiger partial charge in [0, 0.05) is 18.7 Å². The van der Waals surface area contributed by atoms with Crippen molar-refractivity contribution in [2.45, 2.75) is 36.8 Å². The predicted octanol–water partition coefficient (Wildman–Crippen LogP) is 2.22. The molecule has 0 spiro atoms. The molecule has 0 saturated carbocycles. The van der Waals surface area contributed by atoms with Crippen LogP contribution in [0.1, 0.15) is 41.7 Å². The first kappa shape index (κ1) is 22.1. The van der Waals surface area contributed by atoms with Crippen molar-refractivity contribution in [1.29, 1.82) is 0 Å². The molecule has 1 amide bonds. The second kappa shape index (κ2) is 9.60. The fourth-order valence-corrected chi connectivity index (χ4v) is 4.63. The molecular formula is C22H25N5O4S. The standard InChI is InChI=1S/C22H25N5O4S/c1-16(17-7-9-19(10-8-17)27-15-23-14-24-27)26-22(28)18-4-2-6-21(12-18)32(29,30)25-13-20-5-3-11-31-20/h2,4,6-10,12,14-16,20,25H,3,5,11,13H2,1H3,(H,26,28)/t16-,20+/m1/s1. The van der Waals surface area contributed by atoms with Crippen molar-refractivity contribution in [3.63, 3.8) is 0 Å².